The highest BCUT2D eigenvalue weighted by molar-refractivity contribution is 7.99. The standard InChI is InChI=1S/C13H10N2OS/c1-16-11-3-6-12(7-4-11)17-13-5-2-10(8-14)15-9-13/h2-7,9H,1H3. The molecule has 0 unspecified atom stereocenters. The number of rotatable bonds is 3. The van der Waals surface area contributed by atoms with Crippen LogP contribution in [0.2, 0.25) is 0 Å². The summed E-state index contributed by atoms with van der Waals surface area (Å²) in [4.78, 5) is 6.14. The minimum Gasteiger partial charge on any atom is -0.497 e. The first-order chi connectivity index (χ1) is 8.31. The lowest BCUT2D eigenvalue weighted by Gasteiger charge is -2.03. The molecule has 0 amide bonds. The average Bonchev–Trinajstić information content (AvgIpc) is 2.40. The number of nitrogens with zero attached hydrogens (tertiary/aromatic N) is 2. The van der Waals surface area contributed by atoms with Crippen LogP contribution in [0.5, 0.6) is 5.75 Å². The van der Waals surface area contributed by atoms with Crippen molar-refractivity contribution in [1.29, 1.82) is 5.26 Å². The van der Waals surface area contributed by atoms with Gasteiger partial charge in [-0.25, -0.2) is 4.98 Å². The Bertz CT molecular complexity index is 529. The number of pyridine rings is 1. The molecule has 0 fully saturated rings. The van der Waals surface area contributed by atoms with Crippen molar-refractivity contribution in [1.82, 2.24) is 4.98 Å². The van der Waals surface area contributed by atoms with E-state index >= 15 is 0 Å². The third kappa shape index (κ3) is 2.99. The van der Waals surface area contributed by atoms with Crippen molar-refractivity contribution in [3.63, 3.8) is 0 Å². The molecule has 0 aliphatic heterocycles. The SMILES string of the molecule is COc1ccc(Sc2ccc(C#N)nc2)cc1. The summed E-state index contributed by atoms with van der Waals surface area (Å²) in [6.07, 6.45) is 1.70. The van der Waals surface area contributed by atoms with Gasteiger partial charge in [0.15, 0.2) is 0 Å². The minimum atomic E-state index is 0.434. The number of aromatic nitrogens is 1. The van der Waals surface area contributed by atoms with Crippen molar-refractivity contribution in [2.45, 2.75) is 9.79 Å². The summed E-state index contributed by atoms with van der Waals surface area (Å²) in [6.45, 7) is 0. The predicted molar refractivity (Wildman–Crippen MR) is 66.1 cm³/mol. The molecule has 0 radical (unpaired) electrons. The zero-order valence-electron chi connectivity index (χ0n) is 9.25. The van der Waals surface area contributed by atoms with Crippen molar-refractivity contribution in [2.24, 2.45) is 0 Å². The van der Waals surface area contributed by atoms with Crippen LogP contribution in [0.3, 0.4) is 0 Å². The van der Waals surface area contributed by atoms with Crippen LogP contribution >= 0.6 is 11.8 Å². The first-order valence-electron chi connectivity index (χ1n) is 5.00. The molecule has 0 saturated carbocycles. The Kier molecular flexibility index (Phi) is 3.63. The molecule has 1 heterocycles. The van der Waals surface area contributed by atoms with Gasteiger partial charge in [-0.3, -0.25) is 0 Å². The van der Waals surface area contributed by atoms with Crippen LogP contribution in [-0.2, 0) is 0 Å². The lowest BCUT2D eigenvalue weighted by Crippen LogP contribution is -1.83. The van der Waals surface area contributed by atoms with Gasteiger partial charge < -0.3 is 4.74 Å². The van der Waals surface area contributed by atoms with Gasteiger partial charge in [-0.15, -0.1) is 0 Å². The van der Waals surface area contributed by atoms with Gasteiger partial charge in [-0.2, -0.15) is 5.26 Å². The van der Waals surface area contributed by atoms with E-state index in [0.29, 0.717) is 5.69 Å². The van der Waals surface area contributed by atoms with Crippen LogP contribution in [0, 0.1) is 11.3 Å². The molecule has 84 valence electrons. The number of hydrogen-bond donors (Lipinski definition) is 0. The second kappa shape index (κ2) is 5.37. The van der Waals surface area contributed by atoms with Gasteiger partial charge in [0.1, 0.15) is 17.5 Å². The molecule has 0 spiro atoms. The Morgan fingerprint density at radius 2 is 1.82 bits per heavy atom. The van der Waals surface area contributed by atoms with E-state index in [4.69, 9.17) is 10.00 Å². The smallest absolute Gasteiger partial charge is 0.140 e. The summed E-state index contributed by atoms with van der Waals surface area (Å²) in [5.41, 5.74) is 0.434. The molecule has 2 rings (SSSR count). The highest BCUT2D eigenvalue weighted by Crippen LogP contribution is 2.28. The number of methoxy groups -OCH3 is 1. The van der Waals surface area contributed by atoms with Gasteiger partial charge in [0, 0.05) is 16.0 Å². The monoisotopic (exact) mass is 242 g/mol. The van der Waals surface area contributed by atoms with Gasteiger partial charge in [-0.1, -0.05) is 11.8 Å². The molecule has 0 bridgehead atoms. The lowest BCUT2D eigenvalue weighted by atomic mass is 10.3. The number of ether oxygens (including phenoxy) is 1. The molecule has 17 heavy (non-hydrogen) atoms. The summed E-state index contributed by atoms with van der Waals surface area (Å²) < 4.78 is 5.09. The van der Waals surface area contributed by atoms with Crippen LogP contribution in [-0.4, -0.2) is 12.1 Å². The van der Waals surface area contributed by atoms with Gasteiger partial charge in [0.25, 0.3) is 0 Å². The molecule has 4 heteroatoms. The first-order valence-corrected chi connectivity index (χ1v) is 5.81. The highest BCUT2D eigenvalue weighted by atomic mass is 32.2. The summed E-state index contributed by atoms with van der Waals surface area (Å²) in [5, 5.41) is 8.64. The van der Waals surface area contributed by atoms with Gasteiger partial charge in [-0.05, 0) is 36.4 Å². The van der Waals surface area contributed by atoms with E-state index in [1.54, 1.807) is 31.1 Å². The Morgan fingerprint density at radius 1 is 1.12 bits per heavy atom. The fourth-order valence-electron chi connectivity index (χ4n) is 1.29. The maximum atomic E-state index is 8.64. The predicted octanol–water partition coefficient (Wildman–Crippen LogP) is 3.11. The Balaban J connectivity index is 2.11. The van der Waals surface area contributed by atoms with Crippen molar-refractivity contribution in [3.05, 3.63) is 48.3 Å². The van der Waals surface area contributed by atoms with Crippen molar-refractivity contribution >= 4 is 11.8 Å². The second-order valence-corrected chi connectivity index (χ2v) is 4.42. The van der Waals surface area contributed by atoms with E-state index in [0.717, 1.165) is 15.5 Å². The van der Waals surface area contributed by atoms with Gasteiger partial charge in [0.2, 0.25) is 0 Å². The molecule has 1 aromatic carbocycles. The largest absolute Gasteiger partial charge is 0.497 e. The number of benzene rings is 1. The van der Waals surface area contributed by atoms with Crippen LogP contribution in [0.4, 0.5) is 0 Å². The Morgan fingerprint density at radius 3 is 2.35 bits per heavy atom. The molecular weight excluding hydrogens is 232 g/mol. The fraction of sp³-hybridized carbons (Fsp3) is 0.0769. The topological polar surface area (TPSA) is 45.9 Å². The van der Waals surface area contributed by atoms with Crippen LogP contribution in [0.25, 0.3) is 0 Å². The van der Waals surface area contributed by atoms with Crippen LogP contribution in [0.1, 0.15) is 5.69 Å². The molecule has 3 nitrogen and oxygen atoms in total. The summed E-state index contributed by atoms with van der Waals surface area (Å²) in [7, 11) is 1.65. The summed E-state index contributed by atoms with van der Waals surface area (Å²) in [6, 6.07) is 13.4. The lowest BCUT2D eigenvalue weighted by molar-refractivity contribution is 0.414. The second-order valence-electron chi connectivity index (χ2n) is 3.27. The zero-order valence-corrected chi connectivity index (χ0v) is 10.1. The van der Waals surface area contributed by atoms with E-state index in [-0.39, 0.29) is 0 Å². The normalized spacial score (nSPS) is 9.65. The third-order valence-corrected chi connectivity index (χ3v) is 3.13. The summed E-state index contributed by atoms with van der Waals surface area (Å²) >= 11 is 1.60. The first kappa shape index (κ1) is 11.5. The van der Waals surface area contributed by atoms with Crippen molar-refractivity contribution in [2.75, 3.05) is 7.11 Å². The van der Waals surface area contributed by atoms with E-state index in [1.165, 1.54) is 0 Å². The third-order valence-electron chi connectivity index (χ3n) is 2.15. The minimum absolute atomic E-state index is 0.434. The Labute approximate surface area is 104 Å². The molecule has 0 aliphatic carbocycles. The highest BCUT2D eigenvalue weighted by Gasteiger charge is 1.99. The van der Waals surface area contributed by atoms with Crippen LogP contribution < -0.4 is 4.74 Å². The van der Waals surface area contributed by atoms with E-state index in [2.05, 4.69) is 4.98 Å². The van der Waals surface area contributed by atoms with Gasteiger partial charge >= 0.3 is 0 Å². The fourth-order valence-corrected chi connectivity index (χ4v) is 2.07. The molecule has 0 atom stereocenters. The van der Waals surface area contributed by atoms with E-state index in [1.807, 2.05) is 36.4 Å². The van der Waals surface area contributed by atoms with Crippen LogP contribution in [0.15, 0.2) is 52.4 Å². The Hall–Kier alpha value is -1.99. The maximum absolute atomic E-state index is 8.64. The van der Waals surface area contributed by atoms with E-state index in [9.17, 15) is 0 Å². The maximum Gasteiger partial charge on any atom is 0.140 e. The van der Waals surface area contributed by atoms with Gasteiger partial charge in [0.05, 0.1) is 7.11 Å². The molecule has 2 aromatic rings. The van der Waals surface area contributed by atoms with Crippen molar-refractivity contribution < 1.29 is 4.74 Å². The van der Waals surface area contributed by atoms with E-state index < -0.39 is 0 Å². The molecule has 0 N–H and O–H groups in total. The quantitative estimate of drug-likeness (QED) is 0.829. The molecule has 0 aliphatic rings. The average molecular weight is 242 g/mol. The van der Waals surface area contributed by atoms with Crippen molar-refractivity contribution in [3.8, 4) is 11.8 Å². The zero-order chi connectivity index (χ0) is 12.1. The number of nitriles is 1. The number of hydrogen-bond acceptors (Lipinski definition) is 4. The summed E-state index contributed by atoms with van der Waals surface area (Å²) in [5.74, 6) is 0.840. The molecular formula is C13H10N2OS. The molecule has 0 saturated heterocycles. The molecule has 1 aromatic heterocycles.